The molecule has 0 N–H and O–H groups in total. The molecule has 0 unspecified atom stereocenters. The highest BCUT2D eigenvalue weighted by Gasteiger charge is 2.21. The van der Waals surface area contributed by atoms with Crippen molar-refractivity contribution >= 4 is 29.2 Å². The summed E-state index contributed by atoms with van der Waals surface area (Å²) in [6, 6.07) is 21.8. The Labute approximate surface area is 194 Å². The molecule has 0 saturated heterocycles. The van der Waals surface area contributed by atoms with Crippen molar-refractivity contribution in [1.82, 2.24) is 9.80 Å². The Morgan fingerprint density at radius 3 is 2.22 bits per heavy atom. The Morgan fingerprint density at radius 1 is 0.906 bits per heavy atom. The minimum Gasteiger partial charge on any atom is -0.332 e. The lowest BCUT2D eigenvalue weighted by Crippen LogP contribution is -2.42. The van der Waals surface area contributed by atoms with Crippen LogP contribution in [0.15, 0.2) is 78.2 Å². The summed E-state index contributed by atoms with van der Waals surface area (Å²) in [5, 5.41) is 2.05. The normalized spacial score (nSPS) is 10.9. The van der Waals surface area contributed by atoms with E-state index in [1.807, 2.05) is 72.5 Å². The summed E-state index contributed by atoms with van der Waals surface area (Å²) < 4.78 is 0. The molecule has 3 rings (SSSR count). The van der Waals surface area contributed by atoms with E-state index >= 15 is 0 Å². The number of hydrogen-bond acceptors (Lipinski definition) is 3. The molecular weight excluding hydrogens is 416 g/mol. The average molecular weight is 447 g/mol. The molecule has 2 amide bonds. The van der Waals surface area contributed by atoms with E-state index in [0.717, 1.165) is 17.5 Å². The van der Waals surface area contributed by atoms with Crippen LogP contribution in [-0.2, 0) is 22.7 Å². The minimum atomic E-state index is -0.143. The van der Waals surface area contributed by atoms with E-state index < -0.39 is 0 Å². The summed E-state index contributed by atoms with van der Waals surface area (Å²) in [5.41, 5.74) is 3.23. The third kappa shape index (κ3) is 6.92. The zero-order valence-electron chi connectivity index (χ0n) is 18.7. The fourth-order valence-corrected chi connectivity index (χ4v) is 4.33. The van der Waals surface area contributed by atoms with E-state index in [1.165, 1.54) is 10.4 Å². The van der Waals surface area contributed by atoms with Crippen molar-refractivity contribution < 1.29 is 9.59 Å². The molecule has 0 atom stereocenters. The van der Waals surface area contributed by atoms with Gasteiger partial charge in [0.2, 0.25) is 11.8 Å². The second kappa shape index (κ2) is 12.0. The van der Waals surface area contributed by atoms with Gasteiger partial charge in [0.25, 0.3) is 0 Å². The highest BCUT2D eigenvalue weighted by atomic mass is 32.1. The second-order valence-corrected chi connectivity index (χ2v) is 8.77. The second-order valence-electron chi connectivity index (χ2n) is 7.77. The van der Waals surface area contributed by atoms with E-state index in [-0.39, 0.29) is 18.4 Å². The van der Waals surface area contributed by atoms with Crippen LogP contribution in [0.25, 0.3) is 6.08 Å². The van der Waals surface area contributed by atoms with Crippen molar-refractivity contribution in [2.75, 3.05) is 13.1 Å². The Bertz CT molecular complexity index is 1030. The molecule has 4 nitrogen and oxygen atoms in total. The van der Waals surface area contributed by atoms with E-state index in [0.29, 0.717) is 19.6 Å². The Hall–Kier alpha value is -3.18. The Morgan fingerprint density at radius 2 is 1.59 bits per heavy atom. The van der Waals surface area contributed by atoms with Gasteiger partial charge in [0.1, 0.15) is 6.54 Å². The first-order valence-electron chi connectivity index (χ1n) is 10.9. The van der Waals surface area contributed by atoms with E-state index in [9.17, 15) is 9.59 Å². The van der Waals surface area contributed by atoms with Crippen LogP contribution in [0.5, 0.6) is 0 Å². The topological polar surface area (TPSA) is 40.6 Å². The molecule has 0 radical (unpaired) electrons. The summed E-state index contributed by atoms with van der Waals surface area (Å²) in [6.07, 6.45) is 4.15. The van der Waals surface area contributed by atoms with Gasteiger partial charge in [-0.15, -0.1) is 11.3 Å². The van der Waals surface area contributed by atoms with Gasteiger partial charge in [-0.1, -0.05) is 67.6 Å². The number of rotatable bonds is 10. The number of carbonyl (C=O) groups is 2. The van der Waals surface area contributed by atoms with Crippen LogP contribution >= 0.6 is 11.3 Å². The summed E-state index contributed by atoms with van der Waals surface area (Å²) in [6.45, 7) is 5.76. The van der Waals surface area contributed by atoms with Gasteiger partial charge in [0.15, 0.2) is 0 Å². The number of benzene rings is 2. The van der Waals surface area contributed by atoms with Crippen LogP contribution in [0, 0.1) is 6.92 Å². The summed E-state index contributed by atoms with van der Waals surface area (Å²) in [7, 11) is 0. The molecule has 0 aliphatic heterocycles. The standard InChI is InChI=1S/C27H30N2O2S/c1-3-17-28(26(30)15-14-23-10-6-4-7-11-23)21-27(31)29(19-24-12-8-5-9-13-24)20-25-22(2)16-18-32-25/h4-16,18H,3,17,19-21H2,1-2H3/b15-14+. The smallest absolute Gasteiger partial charge is 0.247 e. The fraction of sp³-hybridized carbons (Fsp3) is 0.259. The zero-order valence-corrected chi connectivity index (χ0v) is 19.6. The van der Waals surface area contributed by atoms with Gasteiger partial charge in [-0.2, -0.15) is 0 Å². The van der Waals surface area contributed by atoms with Crippen molar-refractivity contribution in [3.8, 4) is 0 Å². The predicted octanol–water partition coefficient (Wildman–Crippen LogP) is 5.54. The number of thiophene rings is 1. The lowest BCUT2D eigenvalue weighted by atomic mass is 10.2. The van der Waals surface area contributed by atoms with Gasteiger partial charge >= 0.3 is 0 Å². The quantitative estimate of drug-likeness (QED) is 0.384. The maximum atomic E-state index is 13.4. The maximum absolute atomic E-state index is 13.4. The molecule has 166 valence electrons. The van der Waals surface area contributed by atoms with Crippen molar-refractivity contribution in [3.05, 3.63) is 99.8 Å². The number of aryl methyl sites for hydroxylation is 1. The molecule has 3 aromatic rings. The minimum absolute atomic E-state index is 0.0448. The summed E-state index contributed by atoms with van der Waals surface area (Å²) in [5.74, 6) is -0.187. The highest BCUT2D eigenvalue weighted by Crippen LogP contribution is 2.20. The number of nitrogens with zero attached hydrogens (tertiary/aromatic N) is 2. The average Bonchev–Trinajstić information content (AvgIpc) is 3.22. The van der Waals surface area contributed by atoms with Gasteiger partial charge < -0.3 is 9.80 Å². The molecule has 32 heavy (non-hydrogen) atoms. The van der Waals surface area contributed by atoms with Crippen molar-refractivity contribution in [2.24, 2.45) is 0 Å². The fourth-order valence-electron chi connectivity index (χ4n) is 3.41. The van der Waals surface area contributed by atoms with Crippen LogP contribution < -0.4 is 0 Å². The van der Waals surface area contributed by atoms with Crippen molar-refractivity contribution in [3.63, 3.8) is 0 Å². The molecule has 1 aromatic heterocycles. The number of carbonyl (C=O) groups excluding carboxylic acids is 2. The largest absolute Gasteiger partial charge is 0.332 e. The molecule has 0 bridgehead atoms. The van der Waals surface area contributed by atoms with Gasteiger partial charge in [-0.3, -0.25) is 9.59 Å². The SMILES string of the molecule is CCCN(CC(=O)N(Cc1ccccc1)Cc1sccc1C)C(=O)/C=C/c1ccccc1. The van der Waals surface area contributed by atoms with Crippen LogP contribution in [0.3, 0.4) is 0 Å². The van der Waals surface area contributed by atoms with Crippen LogP contribution in [0.4, 0.5) is 0 Å². The van der Waals surface area contributed by atoms with Gasteiger partial charge in [-0.05, 0) is 47.6 Å². The Kier molecular flexibility index (Phi) is 8.81. The third-order valence-corrected chi connectivity index (χ3v) is 6.23. The molecule has 0 aliphatic carbocycles. The molecule has 0 fully saturated rings. The van der Waals surface area contributed by atoms with Crippen molar-refractivity contribution in [2.45, 2.75) is 33.4 Å². The zero-order chi connectivity index (χ0) is 22.8. The summed E-state index contributed by atoms with van der Waals surface area (Å²) >= 11 is 1.66. The first-order chi connectivity index (χ1) is 15.6. The first kappa shape index (κ1) is 23.5. The monoisotopic (exact) mass is 446 g/mol. The molecule has 5 heteroatoms. The number of amides is 2. The summed E-state index contributed by atoms with van der Waals surface area (Å²) in [4.78, 5) is 30.9. The van der Waals surface area contributed by atoms with Crippen LogP contribution in [-0.4, -0.2) is 34.7 Å². The van der Waals surface area contributed by atoms with Crippen LogP contribution in [0.2, 0.25) is 0 Å². The lowest BCUT2D eigenvalue weighted by molar-refractivity contribution is -0.139. The molecule has 2 aromatic carbocycles. The predicted molar refractivity (Wildman–Crippen MR) is 132 cm³/mol. The molecule has 0 saturated carbocycles. The van der Waals surface area contributed by atoms with E-state index in [1.54, 1.807) is 28.4 Å². The van der Waals surface area contributed by atoms with E-state index in [2.05, 4.69) is 18.4 Å². The molecular formula is C27H30N2O2S. The van der Waals surface area contributed by atoms with Crippen molar-refractivity contribution in [1.29, 1.82) is 0 Å². The lowest BCUT2D eigenvalue weighted by Gasteiger charge is -2.27. The van der Waals surface area contributed by atoms with Gasteiger partial charge in [-0.25, -0.2) is 0 Å². The molecule has 0 aliphatic rings. The highest BCUT2D eigenvalue weighted by molar-refractivity contribution is 7.10. The molecule has 0 spiro atoms. The van der Waals surface area contributed by atoms with E-state index in [4.69, 9.17) is 0 Å². The number of hydrogen-bond donors (Lipinski definition) is 0. The first-order valence-corrected chi connectivity index (χ1v) is 11.8. The third-order valence-electron chi connectivity index (χ3n) is 5.22. The van der Waals surface area contributed by atoms with Gasteiger partial charge in [0.05, 0.1) is 6.54 Å². The maximum Gasteiger partial charge on any atom is 0.247 e. The molecule has 1 heterocycles. The van der Waals surface area contributed by atoms with Gasteiger partial charge in [0, 0.05) is 24.0 Å². The van der Waals surface area contributed by atoms with Crippen LogP contribution in [0.1, 0.15) is 34.9 Å². The Balaban J connectivity index is 1.74.